The van der Waals surface area contributed by atoms with E-state index in [1.165, 1.54) is 30.3 Å². The first-order valence-electron chi connectivity index (χ1n) is 10.7. The van der Waals surface area contributed by atoms with Crippen molar-refractivity contribution in [2.45, 2.75) is 24.9 Å². The first kappa shape index (κ1) is 28.1. The molecular weight excluding hydrogens is 487 g/mol. The molecule has 0 spiro atoms. The summed E-state index contributed by atoms with van der Waals surface area (Å²) < 4.78 is 73.5. The molecule has 0 radical (unpaired) electrons. The van der Waals surface area contributed by atoms with E-state index in [0.717, 1.165) is 19.3 Å². The van der Waals surface area contributed by atoms with Crippen molar-refractivity contribution in [1.82, 2.24) is 4.90 Å². The number of ether oxygens (including phenoxy) is 1. The Kier molecular flexibility index (Phi) is 9.66. The Labute approximate surface area is 202 Å². The molecule has 0 fully saturated rings. The maximum atomic E-state index is 13.0. The highest BCUT2D eigenvalue weighted by Crippen LogP contribution is 2.27. The summed E-state index contributed by atoms with van der Waals surface area (Å²) in [6.45, 7) is 5.59. The smallest absolute Gasteiger partial charge is 0.430 e. The Morgan fingerprint density at radius 2 is 1.89 bits per heavy atom. The van der Waals surface area contributed by atoms with Crippen molar-refractivity contribution in [1.29, 1.82) is 0 Å². The number of halogens is 3. The second-order valence-corrected chi connectivity index (χ2v) is 9.53. The lowest BCUT2D eigenvalue weighted by molar-refractivity contribution is -0.142. The number of aliphatic imine (C=N–C) groups is 1. The molecule has 0 unspecified atom stereocenters. The number of carbonyl (C=O) groups is 1. The number of rotatable bonds is 11. The fourth-order valence-electron chi connectivity index (χ4n) is 2.96. The van der Waals surface area contributed by atoms with Gasteiger partial charge in [-0.3, -0.25) is 9.79 Å². The van der Waals surface area contributed by atoms with Crippen LogP contribution in [0.5, 0.6) is 0 Å². The maximum Gasteiger partial charge on any atom is 0.430 e. The van der Waals surface area contributed by atoms with E-state index in [2.05, 4.69) is 4.99 Å². The van der Waals surface area contributed by atoms with Gasteiger partial charge in [-0.1, -0.05) is 26.0 Å². The van der Waals surface area contributed by atoms with Gasteiger partial charge >= 0.3 is 12.1 Å². The quantitative estimate of drug-likeness (QED) is 0.360. The number of hydrogen-bond acceptors (Lipinski definition) is 8. The minimum absolute atomic E-state index is 0.0514. The van der Waals surface area contributed by atoms with Gasteiger partial charge in [-0.2, -0.15) is 13.2 Å². The summed E-state index contributed by atoms with van der Waals surface area (Å²) in [7, 11) is -3.48. The van der Waals surface area contributed by atoms with Crippen molar-refractivity contribution >= 4 is 21.5 Å². The molecule has 2 aromatic rings. The molecule has 0 aliphatic rings. The third-order valence-corrected chi connectivity index (χ3v) is 6.08. The van der Waals surface area contributed by atoms with Crippen molar-refractivity contribution in [3.05, 3.63) is 53.9 Å². The van der Waals surface area contributed by atoms with Crippen molar-refractivity contribution in [2.75, 3.05) is 39.0 Å². The Morgan fingerprint density at radius 1 is 1.20 bits per heavy atom. The zero-order chi connectivity index (χ0) is 26.2. The van der Waals surface area contributed by atoms with Gasteiger partial charge in [0.25, 0.3) is 0 Å². The van der Waals surface area contributed by atoms with E-state index in [4.69, 9.17) is 14.9 Å². The highest BCUT2D eigenvalue weighted by atomic mass is 32.2. The largest absolute Gasteiger partial charge is 0.463 e. The van der Waals surface area contributed by atoms with Crippen LogP contribution in [0.4, 0.5) is 13.2 Å². The molecular formula is C23H28F3N3O5S. The number of nitrogens with zero attached hydrogens (tertiary/aromatic N) is 2. The molecule has 1 heterocycles. The number of hydrogen-bond donors (Lipinski definition) is 1. The lowest BCUT2D eigenvalue weighted by Crippen LogP contribution is -2.28. The molecule has 1 aromatic carbocycles. The molecule has 12 heteroatoms. The molecule has 1 aromatic heterocycles. The predicted octanol–water partition coefficient (Wildman–Crippen LogP) is 3.43. The molecule has 8 nitrogen and oxygen atoms in total. The average Bonchev–Trinajstić information content (AvgIpc) is 3.28. The SMILES string of the molecule is CCN(CC)CCOC(=O)CN=C(C=C(N)C(F)(F)F)c1ccc(-c2cccc(S(C)(=O)=O)c2)o1. The summed E-state index contributed by atoms with van der Waals surface area (Å²) in [4.78, 5) is 18.1. The lowest BCUT2D eigenvalue weighted by atomic mass is 10.2. The lowest BCUT2D eigenvalue weighted by Gasteiger charge is -2.17. The Balaban J connectivity index is 2.29. The van der Waals surface area contributed by atoms with Crippen LogP contribution in [0.25, 0.3) is 11.3 Å². The molecule has 0 aliphatic heterocycles. The molecule has 0 amide bonds. The standard InChI is InChI=1S/C23H28F3N3O5S/c1-4-29(5-2)11-12-33-22(30)15-28-18(14-21(27)23(24,25)26)20-10-9-19(34-20)16-7-6-8-17(13-16)35(3,31)32/h6-10,13-14H,4-5,11-12,15,27H2,1-3H3. The zero-order valence-electron chi connectivity index (χ0n) is 19.6. The van der Waals surface area contributed by atoms with Crippen LogP contribution >= 0.6 is 0 Å². The van der Waals surface area contributed by atoms with Crippen molar-refractivity contribution in [3.63, 3.8) is 0 Å². The summed E-state index contributed by atoms with van der Waals surface area (Å²) >= 11 is 0. The Morgan fingerprint density at radius 3 is 2.49 bits per heavy atom. The first-order chi connectivity index (χ1) is 16.3. The Bertz CT molecular complexity index is 1180. The number of nitrogens with two attached hydrogens (primary N) is 1. The van der Waals surface area contributed by atoms with Gasteiger partial charge in [-0.15, -0.1) is 0 Å². The van der Waals surface area contributed by atoms with Gasteiger partial charge in [-0.25, -0.2) is 8.42 Å². The summed E-state index contributed by atoms with van der Waals surface area (Å²) in [5.74, 6) is -0.617. The molecule has 192 valence electrons. The maximum absolute atomic E-state index is 13.0. The number of allylic oxidation sites excluding steroid dienone is 2. The summed E-state index contributed by atoms with van der Waals surface area (Å²) in [5.41, 5.74) is 3.80. The number of likely N-dealkylation sites (N-methyl/N-ethyl adjacent to an activating group) is 1. The molecule has 0 saturated heterocycles. The van der Waals surface area contributed by atoms with Crippen molar-refractivity contribution in [3.8, 4) is 11.3 Å². The van der Waals surface area contributed by atoms with Gasteiger partial charge in [0, 0.05) is 18.4 Å². The van der Waals surface area contributed by atoms with E-state index in [9.17, 15) is 26.4 Å². The monoisotopic (exact) mass is 515 g/mol. The van der Waals surface area contributed by atoms with Gasteiger partial charge in [0.2, 0.25) is 0 Å². The molecule has 2 rings (SSSR count). The highest BCUT2D eigenvalue weighted by Gasteiger charge is 2.32. The second kappa shape index (κ2) is 12.0. The number of carbonyl (C=O) groups excluding carboxylic acids is 1. The third-order valence-electron chi connectivity index (χ3n) is 4.97. The number of esters is 1. The minimum atomic E-state index is -4.82. The molecule has 0 atom stereocenters. The average molecular weight is 516 g/mol. The van der Waals surface area contributed by atoms with Crippen LogP contribution in [-0.2, 0) is 19.4 Å². The van der Waals surface area contributed by atoms with Crippen LogP contribution in [0, 0.1) is 0 Å². The van der Waals surface area contributed by atoms with Crippen molar-refractivity contribution in [2.24, 2.45) is 10.7 Å². The minimum Gasteiger partial charge on any atom is -0.463 e. The molecule has 0 bridgehead atoms. The van der Waals surface area contributed by atoms with Gasteiger partial charge < -0.3 is 19.8 Å². The fraction of sp³-hybridized carbons (Fsp3) is 0.391. The van der Waals surface area contributed by atoms with Crippen LogP contribution in [-0.4, -0.2) is 70.2 Å². The van der Waals surface area contributed by atoms with E-state index in [1.807, 2.05) is 18.7 Å². The molecule has 2 N–H and O–H groups in total. The summed E-state index contributed by atoms with van der Waals surface area (Å²) in [5, 5.41) is 0. The van der Waals surface area contributed by atoms with E-state index < -0.39 is 34.2 Å². The fourth-order valence-corrected chi connectivity index (χ4v) is 3.63. The van der Waals surface area contributed by atoms with Crippen LogP contribution in [0.2, 0.25) is 0 Å². The van der Waals surface area contributed by atoms with E-state index in [1.54, 1.807) is 6.07 Å². The van der Waals surface area contributed by atoms with Crippen LogP contribution in [0.1, 0.15) is 19.6 Å². The van der Waals surface area contributed by atoms with Gasteiger partial charge in [0.05, 0.1) is 4.90 Å². The normalized spacial score (nSPS) is 13.3. The zero-order valence-corrected chi connectivity index (χ0v) is 20.4. The first-order valence-corrected chi connectivity index (χ1v) is 12.6. The Hall–Kier alpha value is -3.12. The molecule has 35 heavy (non-hydrogen) atoms. The number of sulfone groups is 1. The van der Waals surface area contributed by atoms with Gasteiger partial charge in [-0.05, 0) is 43.4 Å². The number of furan rings is 1. The topological polar surface area (TPSA) is 115 Å². The van der Waals surface area contributed by atoms with E-state index in [-0.39, 0.29) is 28.7 Å². The second-order valence-electron chi connectivity index (χ2n) is 7.51. The van der Waals surface area contributed by atoms with Crippen LogP contribution in [0.15, 0.2) is 62.5 Å². The summed E-state index contributed by atoms with van der Waals surface area (Å²) in [6, 6.07) is 8.69. The highest BCUT2D eigenvalue weighted by molar-refractivity contribution is 7.90. The third kappa shape index (κ3) is 8.55. The summed E-state index contributed by atoms with van der Waals surface area (Å²) in [6.07, 6.45) is -3.20. The van der Waals surface area contributed by atoms with Gasteiger partial charge in [0.1, 0.15) is 30.3 Å². The predicted molar refractivity (Wildman–Crippen MR) is 126 cm³/mol. The van der Waals surface area contributed by atoms with Crippen LogP contribution < -0.4 is 5.73 Å². The number of alkyl halides is 3. The molecule has 0 aliphatic carbocycles. The van der Waals surface area contributed by atoms with Crippen LogP contribution in [0.3, 0.4) is 0 Å². The van der Waals surface area contributed by atoms with Crippen molar-refractivity contribution < 1.29 is 35.5 Å². The van der Waals surface area contributed by atoms with E-state index in [0.29, 0.717) is 18.2 Å². The van der Waals surface area contributed by atoms with Gasteiger partial charge in [0.15, 0.2) is 15.6 Å². The molecule has 0 saturated carbocycles. The number of benzene rings is 1. The van der Waals surface area contributed by atoms with E-state index >= 15 is 0 Å².